The molecule has 3 heterocycles. The van der Waals surface area contributed by atoms with Crippen LogP contribution in [0.15, 0.2) is 88.6 Å². The summed E-state index contributed by atoms with van der Waals surface area (Å²) in [6.07, 6.45) is -4.71. The number of alkyl halides is 3. The van der Waals surface area contributed by atoms with E-state index in [1.807, 2.05) is 6.92 Å². The van der Waals surface area contributed by atoms with Gasteiger partial charge >= 0.3 is 18.1 Å². The summed E-state index contributed by atoms with van der Waals surface area (Å²) in [4.78, 5) is 65.6. The van der Waals surface area contributed by atoms with Crippen LogP contribution in [0.3, 0.4) is 0 Å². The number of carbonyl (C=O) groups excluding carboxylic acids is 2. The van der Waals surface area contributed by atoms with E-state index in [-0.39, 0.29) is 52.3 Å². The molecule has 2 aromatic heterocycles. The van der Waals surface area contributed by atoms with Crippen molar-refractivity contribution in [1.29, 1.82) is 0 Å². The van der Waals surface area contributed by atoms with Crippen molar-refractivity contribution < 1.29 is 51.0 Å². The first-order valence-corrected chi connectivity index (χ1v) is 19.1. The fourth-order valence-electron chi connectivity index (χ4n) is 5.82. The molecule has 0 radical (unpaired) electrons. The number of fused-ring (bicyclic) bond motifs is 1. The third kappa shape index (κ3) is 10.8. The summed E-state index contributed by atoms with van der Waals surface area (Å²) in [6.45, 7) is 2.44. The number of aromatic nitrogens is 4. The number of nitrogens with one attached hydrogen (secondary N) is 4. The summed E-state index contributed by atoms with van der Waals surface area (Å²) >= 11 is 0. The van der Waals surface area contributed by atoms with Gasteiger partial charge in [-0.25, -0.2) is 23.0 Å². The predicted octanol–water partition coefficient (Wildman–Crippen LogP) is 2.78. The Labute approximate surface area is 338 Å². The van der Waals surface area contributed by atoms with Crippen LogP contribution in [0.1, 0.15) is 34.5 Å². The van der Waals surface area contributed by atoms with Crippen LogP contribution in [-0.4, -0.2) is 87.8 Å². The highest BCUT2D eigenvalue weighted by molar-refractivity contribution is 7.89. The van der Waals surface area contributed by atoms with E-state index in [0.29, 0.717) is 24.2 Å². The van der Waals surface area contributed by atoms with Gasteiger partial charge in [0.2, 0.25) is 22.4 Å². The van der Waals surface area contributed by atoms with E-state index in [2.05, 4.69) is 31.0 Å². The molecule has 1 aliphatic heterocycles. The third-order valence-corrected chi connectivity index (χ3v) is 9.81. The number of aromatic amines is 1. The summed E-state index contributed by atoms with van der Waals surface area (Å²) < 4.78 is 63.2. The van der Waals surface area contributed by atoms with Crippen molar-refractivity contribution in [2.24, 2.45) is 5.14 Å². The highest BCUT2D eigenvalue weighted by Crippen LogP contribution is 2.33. The quantitative estimate of drug-likeness (QED) is 0.0791. The topological polar surface area (TPSA) is 298 Å². The molecule has 60 heavy (non-hydrogen) atoms. The van der Waals surface area contributed by atoms with Crippen LogP contribution < -0.4 is 37.3 Å². The number of amides is 2. The Morgan fingerprint density at radius 1 is 1.03 bits per heavy atom. The number of carbonyl (C=O) groups is 4. The van der Waals surface area contributed by atoms with Gasteiger partial charge in [-0.1, -0.05) is 29.8 Å². The number of nitrogens with two attached hydrogens (primary N) is 2. The lowest BCUT2D eigenvalue weighted by Gasteiger charge is -2.34. The molecule has 19 nitrogen and oxygen atoms in total. The largest absolute Gasteiger partial charge is 0.481 e. The molecule has 0 aliphatic carbocycles. The van der Waals surface area contributed by atoms with Crippen molar-refractivity contribution >= 4 is 57.4 Å². The third-order valence-electron chi connectivity index (χ3n) is 8.88. The normalized spacial score (nSPS) is 14.1. The lowest BCUT2D eigenvalue weighted by atomic mass is 10.1. The first-order chi connectivity index (χ1) is 28.2. The number of benzene rings is 3. The van der Waals surface area contributed by atoms with Gasteiger partial charge in [-0.05, 0) is 67.9 Å². The van der Waals surface area contributed by atoms with Crippen LogP contribution in [-0.2, 0) is 30.6 Å². The van der Waals surface area contributed by atoms with Crippen LogP contribution in [0.25, 0.3) is 16.9 Å². The van der Waals surface area contributed by atoms with Crippen molar-refractivity contribution in [3.8, 4) is 16.9 Å². The molecule has 2 amide bonds. The maximum Gasteiger partial charge on any atom is 0.435 e. The molecular weight excluding hydrogens is 818 g/mol. The number of sulfonamides is 1. The van der Waals surface area contributed by atoms with Crippen molar-refractivity contribution in [1.82, 2.24) is 25.1 Å². The molecule has 0 bridgehead atoms. The number of aryl methyl sites for hydroxylation is 1. The number of carboxylic acids is 2. The average molecular weight is 855 g/mol. The van der Waals surface area contributed by atoms with Gasteiger partial charge in [0.15, 0.2) is 17.2 Å². The average Bonchev–Trinajstić information content (AvgIpc) is 3.65. The van der Waals surface area contributed by atoms with E-state index in [0.717, 1.165) is 16.3 Å². The predicted molar refractivity (Wildman–Crippen MR) is 211 cm³/mol. The molecule has 0 fully saturated rings. The molecule has 3 aromatic carbocycles. The maximum absolute atomic E-state index is 13.1. The summed E-state index contributed by atoms with van der Waals surface area (Å²) in [7, 11) is -3.90. The number of nitrogen functional groups attached to an aromatic ring is 1. The zero-order chi connectivity index (χ0) is 43.9. The van der Waals surface area contributed by atoms with Gasteiger partial charge in [-0.2, -0.15) is 23.3 Å². The van der Waals surface area contributed by atoms with Gasteiger partial charge in [-0.3, -0.25) is 24.2 Å². The summed E-state index contributed by atoms with van der Waals surface area (Å²) in [5, 5.41) is 35.0. The number of rotatable bonds is 13. The second-order valence-electron chi connectivity index (χ2n) is 13.2. The molecule has 1 aliphatic rings. The summed E-state index contributed by atoms with van der Waals surface area (Å²) in [6, 6.07) is 17.4. The smallest absolute Gasteiger partial charge is 0.435 e. The zero-order valence-corrected chi connectivity index (χ0v) is 32.1. The van der Waals surface area contributed by atoms with E-state index >= 15 is 0 Å². The van der Waals surface area contributed by atoms with Crippen LogP contribution >= 0.6 is 0 Å². The fourth-order valence-corrected chi connectivity index (χ4v) is 6.33. The molecule has 0 saturated carbocycles. The summed E-state index contributed by atoms with van der Waals surface area (Å²) in [5.41, 5.74) is 6.83. The number of hydrogen-bond donors (Lipinski definition) is 8. The number of halogens is 3. The van der Waals surface area contributed by atoms with Crippen LogP contribution in [0, 0.1) is 6.92 Å². The minimum Gasteiger partial charge on any atom is -0.481 e. The van der Waals surface area contributed by atoms with E-state index < -0.39 is 63.8 Å². The first-order valence-electron chi connectivity index (χ1n) is 17.6. The molecular formula is C37H37F3N10O9S. The van der Waals surface area contributed by atoms with Gasteiger partial charge in [0.1, 0.15) is 6.04 Å². The van der Waals surface area contributed by atoms with Gasteiger partial charge in [0, 0.05) is 36.3 Å². The number of primary sulfonamides is 1. The first kappa shape index (κ1) is 43.8. The Bertz CT molecular complexity index is 2550. The minimum atomic E-state index is -4.61. The molecule has 6 rings (SSSR count). The number of H-pyrrole nitrogens is 1. The lowest BCUT2D eigenvalue weighted by Crippen LogP contribution is -2.50. The van der Waals surface area contributed by atoms with E-state index in [9.17, 15) is 50.7 Å². The van der Waals surface area contributed by atoms with Gasteiger partial charge in [0.05, 0.1) is 22.3 Å². The molecule has 5 aromatic rings. The Hall–Kier alpha value is -7.27. The van der Waals surface area contributed by atoms with Crippen molar-refractivity contribution in [2.45, 2.75) is 42.9 Å². The Morgan fingerprint density at radius 2 is 1.68 bits per heavy atom. The lowest BCUT2D eigenvalue weighted by molar-refractivity contribution is -0.142. The molecule has 23 heteroatoms. The Morgan fingerprint density at radius 3 is 2.25 bits per heavy atom. The number of aliphatic carboxylic acids is 2. The van der Waals surface area contributed by atoms with Crippen molar-refractivity contribution in [2.75, 3.05) is 34.4 Å². The second-order valence-corrected chi connectivity index (χ2v) is 14.7. The molecule has 0 saturated heterocycles. The molecule has 0 spiro atoms. The number of carboxylic acid groups (broad SMARTS) is 2. The minimum absolute atomic E-state index is 0.0603. The molecule has 2 atom stereocenters. The van der Waals surface area contributed by atoms with Crippen molar-refractivity contribution in [3.63, 3.8) is 0 Å². The maximum atomic E-state index is 13.1. The standard InChI is InChI=1S/C20H23N7O7.C17H14F3N3O2S/c21-20-25-16-15(18(32)26-20)27(9-28)12(8-23-16)7-22-11-3-1-10(2-4-11)17(31)24-13(19(33)34)5-6-14(29)30;1-11-2-4-12(5-3-11)15-10-16(17(18,19)20)22-23(15)13-6-8-14(9-7-13)26(21,24)25/h1-4,9,12-13,22H,5-8H2,(H,24,31)(H,29,30)(H,33,34)(H4,21,23,25,26,32);2-10H,1H3,(H2,21,24,25)/t12?,13-;/m0./s1. The molecule has 1 unspecified atom stereocenters. The molecule has 10 N–H and O–H groups in total. The van der Waals surface area contributed by atoms with E-state index in [1.54, 1.807) is 36.4 Å². The van der Waals surface area contributed by atoms with Gasteiger partial charge < -0.3 is 36.8 Å². The number of hydrogen-bond acceptors (Lipinski definition) is 12. The van der Waals surface area contributed by atoms with Gasteiger partial charge in [0.25, 0.3) is 11.5 Å². The fraction of sp³-hybridized carbons (Fsp3) is 0.216. The molecule has 316 valence electrons. The summed E-state index contributed by atoms with van der Waals surface area (Å²) in [5.74, 6) is -3.00. The van der Waals surface area contributed by atoms with Crippen LogP contribution in [0.2, 0.25) is 0 Å². The van der Waals surface area contributed by atoms with Crippen molar-refractivity contribution in [3.05, 3.63) is 106 Å². The Kier molecular flexibility index (Phi) is 13.2. The van der Waals surface area contributed by atoms with Crippen LogP contribution in [0.4, 0.5) is 36.3 Å². The highest BCUT2D eigenvalue weighted by Gasteiger charge is 2.35. The van der Waals surface area contributed by atoms with Crippen LogP contribution in [0.5, 0.6) is 0 Å². The monoisotopic (exact) mass is 854 g/mol. The van der Waals surface area contributed by atoms with E-state index in [1.165, 1.54) is 41.3 Å². The second kappa shape index (κ2) is 18.1. The van der Waals surface area contributed by atoms with E-state index in [4.69, 9.17) is 16.0 Å². The zero-order valence-electron chi connectivity index (χ0n) is 31.3. The highest BCUT2D eigenvalue weighted by atomic mass is 32.2. The SMILES string of the molecule is Cc1ccc(-c2cc(C(F)(F)F)nn2-c2ccc(S(N)(=O)=O)cc2)cc1.Nc1nc2c(c(=O)[nH]1)N(C=O)C(CNc1ccc(C(=O)N[C@@H](CCC(=O)O)C(=O)O)cc1)CN2. The van der Waals surface area contributed by atoms with Gasteiger partial charge in [-0.15, -0.1) is 0 Å². The number of anilines is 4. The Balaban J connectivity index is 0.000000236. The number of nitrogens with zero attached hydrogens (tertiary/aromatic N) is 4.